The van der Waals surface area contributed by atoms with E-state index in [9.17, 15) is 14.6 Å². The average molecular weight is 315 g/mol. The van der Waals surface area contributed by atoms with Crippen LogP contribution in [-0.4, -0.2) is 31.0 Å². The molecule has 1 aliphatic heterocycles. The Morgan fingerprint density at radius 1 is 1.52 bits per heavy atom. The molecule has 23 heavy (non-hydrogen) atoms. The van der Waals surface area contributed by atoms with Gasteiger partial charge in [0.1, 0.15) is 17.1 Å². The first-order valence-corrected chi connectivity index (χ1v) is 7.50. The molecule has 7 heteroatoms. The molecule has 0 spiro atoms. The van der Waals surface area contributed by atoms with Crippen molar-refractivity contribution in [1.29, 1.82) is 5.26 Å². The number of rotatable bonds is 6. The van der Waals surface area contributed by atoms with E-state index in [0.29, 0.717) is 31.4 Å². The van der Waals surface area contributed by atoms with Crippen molar-refractivity contribution in [3.8, 4) is 11.8 Å². The summed E-state index contributed by atoms with van der Waals surface area (Å²) < 4.78 is 10.2. The van der Waals surface area contributed by atoms with E-state index in [1.165, 1.54) is 7.11 Å². The molecule has 2 rings (SSSR count). The van der Waals surface area contributed by atoms with Crippen LogP contribution in [0.5, 0.6) is 5.75 Å². The Kier molecular flexibility index (Phi) is 5.77. The number of nitriles is 1. The Morgan fingerprint density at radius 3 is 3.00 bits per heavy atom. The number of carbonyl (C=O) groups excluding carboxylic acids is 2. The Morgan fingerprint density at radius 2 is 2.30 bits per heavy atom. The van der Waals surface area contributed by atoms with Crippen LogP contribution >= 0.6 is 0 Å². The van der Waals surface area contributed by atoms with E-state index < -0.39 is 13.1 Å². The van der Waals surface area contributed by atoms with Gasteiger partial charge in [-0.25, -0.2) is 4.79 Å². The van der Waals surface area contributed by atoms with Crippen molar-refractivity contribution in [1.82, 2.24) is 0 Å². The van der Waals surface area contributed by atoms with Gasteiger partial charge in [0, 0.05) is 25.1 Å². The van der Waals surface area contributed by atoms with E-state index in [2.05, 4.69) is 0 Å². The third-order valence-corrected chi connectivity index (χ3v) is 3.86. The summed E-state index contributed by atoms with van der Waals surface area (Å²) in [4.78, 5) is 23.6. The lowest BCUT2D eigenvalue weighted by Gasteiger charge is -2.28. The molecule has 0 fully saturated rings. The van der Waals surface area contributed by atoms with E-state index in [1.807, 2.05) is 6.07 Å². The standard InChI is InChI=1S/C16H18BNO5/c1-22-16(20)14-7-4-5-11-9-12(17(21)23-15(11)14)10-13(19)6-2-3-8-18/h4-5,7,12,21H,2-3,6,9-10H2,1H3/t12-/m1/s1. The van der Waals surface area contributed by atoms with Crippen LogP contribution in [0.15, 0.2) is 18.2 Å². The van der Waals surface area contributed by atoms with Gasteiger partial charge in [0.05, 0.1) is 13.2 Å². The largest absolute Gasteiger partial charge is 0.535 e. The molecule has 0 amide bonds. The molecule has 0 bridgehead atoms. The summed E-state index contributed by atoms with van der Waals surface area (Å²) in [7, 11) is 0.136. The maximum Gasteiger partial charge on any atom is 0.526 e. The maximum atomic E-state index is 11.9. The first kappa shape index (κ1) is 17.0. The second-order valence-corrected chi connectivity index (χ2v) is 5.51. The molecule has 1 heterocycles. The van der Waals surface area contributed by atoms with E-state index in [-0.39, 0.29) is 23.6 Å². The van der Waals surface area contributed by atoms with Gasteiger partial charge in [-0.1, -0.05) is 12.1 Å². The Labute approximate surface area is 135 Å². The van der Waals surface area contributed by atoms with Gasteiger partial charge >= 0.3 is 13.1 Å². The fraction of sp³-hybridized carbons (Fsp3) is 0.438. The first-order chi connectivity index (χ1) is 11.1. The Bertz CT molecular complexity index is 640. The number of methoxy groups -OCH3 is 1. The van der Waals surface area contributed by atoms with Gasteiger partial charge in [-0.3, -0.25) is 4.79 Å². The van der Waals surface area contributed by atoms with E-state index >= 15 is 0 Å². The quantitative estimate of drug-likeness (QED) is 0.489. The third kappa shape index (κ3) is 4.11. The number of hydrogen-bond acceptors (Lipinski definition) is 6. The third-order valence-electron chi connectivity index (χ3n) is 3.86. The maximum absolute atomic E-state index is 11.9. The minimum absolute atomic E-state index is 0.000438. The van der Waals surface area contributed by atoms with Gasteiger partial charge in [0.25, 0.3) is 0 Å². The molecule has 6 nitrogen and oxygen atoms in total. The minimum atomic E-state index is -1.15. The summed E-state index contributed by atoms with van der Waals surface area (Å²) in [5.74, 6) is -0.564. The highest BCUT2D eigenvalue weighted by molar-refractivity contribution is 6.47. The molecule has 1 aromatic rings. The number of fused-ring (bicyclic) bond motifs is 1. The minimum Gasteiger partial charge on any atom is -0.535 e. The van der Waals surface area contributed by atoms with Crippen LogP contribution in [0.4, 0.5) is 0 Å². The van der Waals surface area contributed by atoms with Crippen molar-refractivity contribution in [2.24, 2.45) is 0 Å². The van der Waals surface area contributed by atoms with E-state index in [1.54, 1.807) is 18.2 Å². The lowest BCUT2D eigenvalue weighted by atomic mass is 9.64. The normalized spacial score (nSPS) is 16.0. The molecular weight excluding hydrogens is 297 g/mol. The van der Waals surface area contributed by atoms with Crippen LogP contribution in [0.3, 0.4) is 0 Å². The number of unbranched alkanes of at least 4 members (excludes halogenated alkanes) is 1. The van der Waals surface area contributed by atoms with Crippen molar-refractivity contribution in [2.45, 2.75) is 37.9 Å². The topological polar surface area (TPSA) is 96.6 Å². The smallest absolute Gasteiger partial charge is 0.526 e. The van der Waals surface area contributed by atoms with Gasteiger partial charge in [0.15, 0.2) is 0 Å². The summed E-state index contributed by atoms with van der Waals surface area (Å²) in [5.41, 5.74) is 1.04. The van der Waals surface area contributed by atoms with Crippen LogP contribution in [0, 0.1) is 11.3 Å². The highest BCUT2D eigenvalue weighted by atomic mass is 16.5. The molecule has 1 aliphatic rings. The van der Waals surface area contributed by atoms with Gasteiger partial charge in [0.2, 0.25) is 0 Å². The van der Waals surface area contributed by atoms with Crippen molar-refractivity contribution in [2.75, 3.05) is 7.11 Å². The van der Waals surface area contributed by atoms with Crippen molar-refractivity contribution in [3.05, 3.63) is 29.3 Å². The molecule has 120 valence electrons. The molecule has 0 aliphatic carbocycles. The summed E-state index contributed by atoms with van der Waals surface area (Å²) in [6, 6.07) is 7.10. The van der Waals surface area contributed by atoms with Crippen molar-refractivity contribution in [3.63, 3.8) is 0 Å². The predicted molar refractivity (Wildman–Crippen MR) is 82.9 cm³/mol. The first-order valence-electron chi connectivity index (χ1n) is 7.50. The number of ether oxygens (including phenoxy) is 1. The van der Waals surface area contributed by atoms with E-state index in [0.717, 1.165) is 5.56 Å². The molecular formula is C16H18BNO5. The zero-order valence-corrected chi connectivity index (χ0v) is 12.9. The number of nitrogens with zero attached hydrogens (tertiary/aromatic N) is 1. The number of para-hydroxylation sites is 1. The van der Waals surface area contributed by atoms with Gasteiger partial charge < -0.3 is 14.4 Å². The molecule has 1 aromatic carbocycles. The number of benzene rings is 1. The molecule has 0 unspecified atom stereocenters. The molecule has 0 saturated carbocycles. The van der Waals surface area contributed by atoms with Crippen LogP contribution in [-0.2, 0) is 16.0 Å². The predicted octanol–water partition coefficient (Wildman–Crippen LogP) is 1.91. The second kappa shape index (κ2) is 7.79. The number of carbonyl (C=O) groups is 2. The summed E-state index contributed by atoms with van der Waals surface area (Å²) in [6.07, 6.45) is 1.84. The Hall–Kier alpha value is -2.33. The van der Waals surface area contributed by atoms with Crippen LogP contribution in [0.25, 0.3) is 0 Å². The highest BCUT2D eigenvalue weighted by Gasteiger charge is 2.37. The zero-order chi connectivity index (χ0) is 16.8. The number of hydrogen-bond donors (Lipinski definition) is 1. The highest BCUT2D eigenvalue weighted by Crippen LogP contribution is 2.36. The van der Waals surface area contributed by atoms with Crippen LogP contribution in [0.2, 0.25) is 5.82 Å². The molecule has 1 atom stereocenters. The Balaban J connectivity index is 2.08. The lowest BCUT2D eigenvalue weighted by Crippen LogP contribution is -2.35. The van der Waals surface area contributed by atoms with Crippen molar-refractivity contribution < 1.29 is 24.0 Å². The van der Waals surface area contributed by atoms with Crippen LogP contribution in [0.1, 0.15) is 41.6 Å². The fourth-order valence-corrected chi connectivity index (χ4v) is 2.69. The van der Waals surface area contributed by atoms with E-state index in [4.69, 9.17) is 14.7 Å². The second-order valence-electron chi connectivity index (χ2n) is 5.51. The monoisotopic (exact) mass is 315 g/mol. The van der Waals surface area contributed by atoms with Gasteiger partial charge in [-0.15, -0.1) is 0 Å². The molecule has 0 aromatic heterocycles. The summed E-state index contributed by atoms with van der Waals surface area (Å²) in [6.45, 7) is 0. The van der Waals surface area contributed by atoms with Crippen LogP contribution < -0.4 is 4.65 Å². The SMILES string of the molecule is COC(=O)c1cccc2c1OB(O)[C@@H](CC(=O)CCCC#N)C2. The van der Waals surface area contributed by atoms with Crippen molar-refractivity contribution >= 4 is 18.9 Å². The summed E-state index contributed by atoms with van der Waals surface area (Å²) >= 11 is 0. The fourth-order valence-electron chi connectivity index (χ4n) is 2.69. The average Bonchev–Trinajstić information content (AvgIpc) is 2.54. The molecule has 0 saturated heterocycles. The van der Waals surface area contributed by atoms with Gasteiger partial charge in [-0.05, 0) is 24.5 Å². The summed E-state index contributed by atoms with van der Waals surface area (Å²) in [5, 5.41) is 18.6. The zero-order valence-electron chi connectivity index (χ0n) is 12.9. The van der Waals surface area contributed by atoms with Gasteiger partial charge in [-0.2, -0.15) is 5.26 Å². The molecule has 1 N–H and O–H groups in total. The number of ketones is 1. The molecule has 0 radical (unpaired) electrons. The number of esters is 1. The number of Topliss-reactive ketones (excluding diaryl/α,β-unsaturated/α-hetero) is 1. The lowest BCUT2D eigenvalue weighted by molar-refractivity contribution is -0.119.